The van der Waals surface area contributed by atoms with Crippen LogP contribution in [0.2, 0.25) is 0 Å². The van der Waals surface area contributed by atoms with Gasteiger partial charge in [-0.25, -0.2) is 0 Å². The summed E-state index contributed by atoms with van der Waals surface area (Å²) in [7, 11) is 0. The second kappa shape index (κ2) is 20.0. The number of hydrogen-bond donors (Lipinski definition) is 0. The van der Waals surface area contributed by atoms with Gasteiger partial charge in [-0.1, -0.05) is 243 Å². The van der Waals surface area contributed by atoms with Crippen molar-refractivity contribution in [3.05, 3.63) is 384 Å². The van der Waals surface area contributed by atoms with Crippen LogP contribution in [-0.4, -0.2) is 0 Å². The van der Waals surface area contributed by atoms with Crippen molar-refractivity contribution in [3.8, 4) is 66.8 Å². The Bertz CT molecular complexity index is 5630. The van der Waals surface area contributed by atoms with Crippen LogP contribution in [0.25, 0.3) is 111 Å². The van der Waals surface area contributed by atoms with E-state index < -0.39 is 10.8 Å². The van der Waals surface area contributed by atoms with Gasteiger partial charge in [-0.2, -0.15) is 0 Å². The normalized spacial score (nSPS) is 13.6. The van der Waals surface area contributed by atoms with Crippen LogP contribution in [0.15, 0.2) is 349 Å². The van der Waals surface area contributed by atoms with Crippen molar-refractivity contribution >= 4 is 78.0 Å². The van der Waals surface area contributed by atoms with E-state index in [4.69, 9.17) is 8.83 Å². The minimum Gasteiger partial charge on any atom is -0.456 e. The highest BCUT2D eigenvalue weighted by Crippen LogP contribution is 2.65. The smallest absolute Gasteiger partial charge is 0.137 e. The summed E-state index contributed by atoms with van der Waals surface area (Å²) in [6, 6.07) is 125. The lowest BCUT2D eigenvalue weighted by atomic mass is 9.70. The highest BCUT2D eigenvalue weighted by atomic mass is 16.3. The first-order valence-corrected chi connectivity index (χ1v) is 33.2. The monoisotopic (exact) mass is 1220 g/mol. The largest absolute Gasteiger partial charge is 0.456 e. The lowest BCUT2D eigenvalue weighted by molar-refractivity contribution is 0.664. The van der Waals surface area contributed by atoms with Gasteiger partial charge in [-0.15, -0.1) is 0 Å². The Labute approximate surface area is 555 Å². The molecule has 0 atom stereocenters. The van der Waals surface area contributed by atoms with Crippen LogP contribution >= 0.6 is 0 Å². The molecular weight excluding hydrogens is 1170 g/mol. The van der Waals surface area contributed by atoms with Gasteiger partial charge in [0.05, 0.1) is 10.8 Å². The van der Waals surface area contributed by atoms with Crippen molar-refractivity contribution in [1.82, 2.24) is 0 Å². The Balaban J connectivity index is 0.706. The second-order valence-electron chi connectivity index (χ2n) is 26.1. The van der Waals surface area contributed by atoms with Crippen molar-refractivity contribution in [2.75, 3.05) is 9.80 Å². The van der Waals surface area contributed by atoms with E-state index in [1.54, 1.807) is 0 Å². The molecule has 0 radical (unpaired) electrons. The first kappa shape index (κ1) is 53.1. The lowest BCUT2D eigenvalue weighted by Crippen LogP contribution is -2.26. The summed E-state index contributed by atoms with van der Waals surface area (Å²) in [4.78, 5) is 4.82. The Hall–Kier alpha value is -12.5. The number of rotatable bonds is 8. The molecule has 21 rings (SSSR count). The summed E-state index contributed by atoms with van der Waals surface area (Å²) in [6.45, 7) is 0. The molecule has 4 heteroatoms. The zero-order valence-corrected chi connectivity index (χ0v) is 52.0. The molecular formula is C92H56N2O2. The quantitative estimate of drug-likeness (QED) is 0.152. The topological polar surface area (TPSA) is 32.8 Å². The van der Waals surface area contributed by atoms with Crippen molar-refractivity contribution in [1.29, 1.82) is 0 Å². The predicted molar refractivity (Wildman–Crippen MR) is 394 cm³/mol. The maximum Gasteiger partial charge on any atom is 0.137 e. The Morgan fingerprint density at radius 3 is 0.802 bits per heavy atom. The van der Waals surface area contributed by atoms with Gasteiger partial charge < -0.3 is 18.6 Å². The molecule has 0 unspecified atom stereocenters. The lowest BCUT2D eigenvalue weighted by Gasteiger charge is -2.32. The van der Waals surface area contributed by atoms with Gasteiger partial charge >= 0.3 is 0 Å². The molecule has 0 aliphatic heterocycles. The van der Waals surface area contributed by atoms with Gasteiger partial charge in [0.1, 0.15) is 22.3 Å². The summed E-state index contributed by atoms with van der Waals surface area (Å²) in [5, 5.41) is 4.04. The molecule has 4 aliphatic carbocycles. The molecule has 0 saturated carbocycles. The third-order valence-electron chi connectivity index (χ3n) is 21.4. The average Bonchev–Trinajstić information content (AvgIpc) is 1.52. The average molecular weight is 1220 g/mol. The third-order valence-corrected chi connectivity index (χ3v) is 21.4. The Kier molecular flexibility index (Phi) is 11.1. The summed E-state index contributed by atoms with van der Waals surface area (Å²) in [5.41, 5.74) is 33.7. The van der Waals surface area contributed by atoms with Crippen LogP contribution in [0, 0.1) is 0 Å². The highest BCUT2D eigenvalue weighted by Gasteiger charge is 2.53. The maximum atomic E-state index is 7.10. The van der Waals surface area contributed by atoms with Gasteiger partial charge in [-0.05, 0) is 196 Å². The number of fused-ring (bicyclic) bond motifs is 26. The predicted octanol–water partition coefficient (Wildman–Crippen LogP) is 24.4. The van der Waals surface area contributed by atoms with Crippen LogP contribution in [-0.2, 0) is 10.8 Å². The van der Waals surface area contributed by atoms with Gasteiger partial charge in [0, 0.05) is 67.8 Å². The molecule has 0 bridgehead atoms. The first-order valence-electron chi connectivity index (χ1n) is 33.2. The molecule has 15 aromatic carbocycles. The van der Waals surface area contributed by atoms with E-state index in [9.17, 15) is 0 Å². The van der Waals surface area contributed by atoms with E-state index in [2.05, 4.69) is 350 Å². The highest BCUT2D eigenvalue weighted by molar-refractivity contribution is 6.16. The van der Waals surface area contributed by atoms with Crippen LogP contribution in [0.4, 0.5) is 34.1 Å². The molecule has 4 aliphatic rings. The van der Waals surface area contributed by atoms with E-state index in [0.29, 0.717) is 0 Å². The molecule has 17 aromatic rings. The Morgan fingerprint density at radius 1 is 0.177 bits per heavy atom. The van der Waals surface area contributed by atoms with E-state index >= 15 is 0 Å². The number of nitrogens with zero attached hydrogens (tertiary/aromatic N) is 2. The fourth-order valence-corrected chi connectivity index (χ4v) is 17.5. The number of benzene rings is 15. The zero-order valence-electron chi connectivity index (χ0n) is 52.0. The van der Waals surface area contributed by atoms with Gasteiger partial charge in [0.2, 0.25) is 0 Å². The van der Waals surface area contributed by atoms with Gasteiger partial charge in [-0.3, -0.25) is 0 Å². The molecule has 4 nitrogen and oxygen atoms in total. The fraction of sp³-hybridized carbons (Fsp3) is 0.0217. The van der Waals surface area contributed by atoms with E-state index in [-0.39, 0.29) is 0 Å². The van der Waals surface area contributed by atoms with Crippen molar-refractivity contribution in [2.24, 2.45) is 0 Å². The SMILES string of the molecule is c1ccc(-c2cccc(N(c3ccc4c(c3)C3(c5ccccc5-c5ccccc53)c3ccccc3-4)c3ccc4c(c3)oc3cc5c(cc34)oc3cc(N(c4cccc(-c6ccccc6)c4)c4ccc6c(c4)C4(c7ccccc7-c7ccccc74)c4ccccc4-6)ccc35)c2)cc1. The van der Waals surface area contributed by atoms with E-state index in [1.807, 2.05) is 0 Å². The fourth-order valence-electron chi connectivity index (χ4n) is 17.5. The number of furan rings is 2. The molecule has 0 N–H and O–H groups in total. The minimum atomic E-state index is -0.498. The second-order valence-corrected chi connectivity index (χ2v) is 26.1. The summed E-state index contributed by atoms with van der Waals surface area (Å²) in [6.07, 6.45) is 0. The van der Waals surface area contributed by atoms with Gasteiger partial charge in [0.25, 0.3) is 0 Å². The van der Waals surface area contributed by atoms with Gasteiger partial charge in [0.15, 0.2) is 0 Å². The maximum absolute atomic E-state index is 7.10. The number of anilines is 6. The zero-order chi connectivity index (χ0) is 62.8. The van der Waals surface area contributed by atoms with Crippen LogP contribution < -0.4 is 9.80 Å². The molecule has 2 spiro atoms. The number of hydrogen-bond acceptors (Lipinski definition) is 4. The van der Waals surface area contributed by atoms with E-state index in [1.165, 1.54) is 89.0 Å². The van der Waals surface area contributed by atoms with Crippen LogP contribution in [0.5, 0.6) is 0 Å². The molecule has 0 amide bonds. The van der Waals surface area contributed by atoms with Crippen molar-refractivity contribution in [2.45, 2.75) is 10.8 Å². The summed E-state index contributed by atoms with van der Waals surface area (Å²) < 4.78 is 14.2. The molecule has 2 heterocycles. The summed E-state index contributed by atoms with van der Waals surface area (Å²) in [5.74, 6) is 0. The molecule has 2 aromatic heterocycles. The summed E-state index contributed by atoms with van der Waals surface area (Å²) >= 11 is 0. The Morgan fingerprint density at radius 2 is 0.448 bits per heavy atom. The van der Waals surface area contributed by atoms with Crippen molar-refractivity contribution < 1.29 is 8.83 Å². The third kappa shape index (κ3) is 7.27. The molecule has 0 saturated heterocycles. The standard InChI is InChI=1S/C92H56N2O2/c1-3-21-57(22-4-1)59-25-19-27-61(49-59)93(63-41-45-73-71-33-11-17-39-83(71)91(85(73)51-63)79-35-13-7-29-67(79)68-30-8-14-36-80(68)91)65-43-47-75-77-55-90-78(56-89(77)95-87(75)53-65)76-48-44-66(54-88(76)96-90)94(62-28-20-26-60(50-62)58-23-5-2-6-24-58)64-42-46-74-72-34-12-18-40-84(72)92(86(74)52-64)81-37-15-9-31-69(81)70-32-10-16-38-82(70)92/h1-56H. The molecule has 0 fully saturated rings. The molecule has 446 valence electrons. The molecule has 96 heavy (non-hydrogen) atoms. The van der Waals surface area contributed by atoms with Crippen molar-refractivity contribution in [3.63, 3.8) is 0 Å². The minimum absolute atomic E-state index is 0.498. The van der Waals surface area contributed by atoms with Crippen LogP contribution in [0.1, 0.15) is 44.5 Å². The van der Waals surface area contributed by atoms with E-state index in [0.717, 1.165) is 100 Å². The first-order chi connectivity index (χ1) is 47.6. The van der Waals surface area contributed by atoms with Crippen LogP contribution in [0.3, 0.4) is 0 Å².